The maximum atomic E-state index is 14.1. The molecule has 3 aromatic carbocycles. The highest BCUT2D eigenvalue weighted by atomic mass is 19.4. The molecule has 2 aromatic heterocycles. The highest BCUT2D eigenvalue weighted by Crippen LogP contribution is 2.41. The Bertz CT molecular complexity index is 1800. The van der Waals surface area contributed by atoms with Crippen molar-refractivity contribution in [3.05, 3.63) is 111 Å². The molecule has 1 aliphatic heterocycles. The van der Waals surface area contributed by atoms with Crippen molar-refractivity contribution in [1.29, 1.82) is 0 Å². The monoisotopic (exact) mass is 522 g/mol. The largest absolute Gasteiger partial charge is 0.488 e. The average molecular weight is 522 g/mol. The molecular formula is C27H18F4N4O3. The van der Waals surface area contributed by atoms with E-state index in [1.807, 2.05) is 0 Å². The number of aromatic nitrogens is 4. The number of ether oxygens (including phenoxy) is 1. The standard InChI is InChI=1S/C27H18F4N4O3/c1-14(24-33-26(36)38-34-24)23-18-8-6-15(10-16(18)13-37-22-11-17(28)7-9-19(22)23)12-35-21-5-3-2-4-20(21)32-25(35)27(29,30)31/h2-11H,12-13H2,1H3,(H,33,34,36). The number of imidazole rings is 1. The Morgan fingerprint density at radius 1 is 1.08 bits per heavy atom. The summed E-state index contributed by atoms with van der Waals surface area (Å²) in [5.74, 6) is -1.74. The van der Waals surface area contributed by atoms with Gasteiger partial charge in [0, 0.05) is 23.7 Å². The minimum Gasteiger partial charge on any atom is -0.488 e. The third-order valence-corrected chi connectivity index (χ3v) is 6.45. The lowest BCUT2D eigenvalue weighted by Crippen LogP contribution is -2.15. The van der Waals surface area contributed by atoms with Crippen LogP contribution in [-0.2, 0) is 19.3 Å². The Morgan fingerprint density at radius 3 is 2.63 bits per heavy atom. The first kappa shape index (κ1) is 23.7. The molecular weight excluding hydrogens is 504 g/mol. The highest BCUT2D eigenvalue weighted by molar-refractivity contribution is 5.99. The zero-order chi connectivity index (χ0) is 26.6. The Balaban J connectivity index is 1.50. The van der Waals surface area contributed by atoms with Crippen LogP contribution in [0.3, 0.4) is 0 Å². The van der Waals surface area contributed by atoms with Gasteiger partial charge in [0.2, 0.25) is 5.82 Å². The lowest BCUT2D eigenvalue weighted by atomic mass is 9.89. The van der Waals surface area contributed by atoms with Gasteiger partial charge in [0.05, 0.1) is 11.0 Å². The molecule has 0 saturated heterocycles. The third-order valence-electron chi connectivity index (χ3n) is 6.45. The molecule has 0 radical (unpaired) electrons. The highest BCUT2D eigenvalue weighted by Gasteiger charge is 2.37. The zero-order valence-corrected chi connectivity index (χ0v) is 19.8. The fourth-order valence-electron chi connectivity index (χ4n) is 4.78. The van der Waals surface area contributed by atoms with E-state index >= 15 is 0 Å². The topological polar surface area (TPSA) is 85.9 Å². The molecule has 1 aliphatic rings. The number of alkyl halides is 3. The summed E-state index contributed by atoms with van der Waals surface area (Å²) in [4.78, 5) is 17.9. The molecule has 0 fully saturated rings. The molecule has 5 aromatic rings. The second-order valence-electron chi connectivity index (χ2n) is 8.87. The molecule has 192 valence electrons. The summed E-state index contributed by atoms with van der Waals surface area (Å²) in [5, 5.41) is 3.78. The number of halogens is 4. The van der Waals surface area contributed by atoms with Crippen LogP contribution >= 0.6 is 0 Å². The van der Waals surface area contributed by atoms with Gasteiger partial charge in [-0.25, -0.2) is 14.2 Å². The first-order chi connectivity index (χ1) is 18.2. The third kappa shape index (κ3) is 4.05. The Labute approximate surface area is 212 Å². The van der Waals surface area contributed by atoms with Crippen LogP contribution in [-0.4, -0.2) is 19.7 Å². The van der Waals surface area contributed by atoms with Gasteiger partial charge in [0.1, 0.15) is 18.2 Å². The smallest absolute Gasteiger partial charge is 0.449 e. The number of H-pyrrole nitrogens is 1. The summed E-state index contributed by atoms with van der Waals surface area (Å²) in [6, 6.07) is 15.8. The van der Waals surface area contributed by atoms with Gasteiger partial charge in [-0.1, -0.05) is 29.4 Å². The maximum absolute atomic E-state index is 14.1. The quantitative estimate of drug-likeness (QED) is 0.303. The van der Waals surface area contributed by atoms with Gasteiger partial charge in [-0.2, -0.15) is 13.2 Å². The van der Waals surface area contributed by atoms with Crippen molar-refractivity contribution in [3.8, 4) is 5.75 Å². The maximum Gasteiger partial charge on any atom is 0.449 e. The lowest BCUT2D eigenvalue weighted by molar-refractivity contribution is -0.146. The van der Waals surface area contributed by atoms with E-state index in [9.17, 15) is 22.4 Å². The number of allylic oxidation sites excluding steroid dienone is 1. The molecule has 38 heavy (non-hydrogen) atoms. The van der Waals surface area contributed by atoms with Crippen molar-refractivity contribution >= 4 is 22.2 Å². The van der Waals surface area contributed by atoms with E-state index in [0.29, 0.717) is 38.9 Å². The van der Waals surface area contributed by atoms with Gasteiger partial charge < -0.3 is 9.30 Å². The van der Waals surface area contributed by atoms with Crippen LogP contribution in [0, 0.1) is 5.82 Å². The minimum absolute atomic E-state index is 0.0442. The van der Waals surface area contributed by atoms with Crippen molar-refractivity contribution in [3.63, 3.8) is 0 Å². The van der Waals surface area contributed by atoms with E-state index < -0.39 is 23.6 Å². The van der Waals surface area contributed by atoms with Crippen LogP contribution in [0.5, 0.6) is 5.75 Å². The van der Waals surface area contributed by atoms with Crippen LogP contribution in [0.25, 0.3) is 22.2 Å². The molecule has 6 rings (SSSR count). The summed E-state index contributed by atoms with van der Waals surface area (Å²) in [6.45, 7) is 1.69. The number of hydrogen-bond donors (Lipinski definition) is 1. The molecule has 11 heteroatoms. The number of para-hydroxylation sites is 2. The molecule has 0 atom stereocenters. The molecule has 0 amide bonds. The van der Waals surface area contributed by atoms with Gasteiger partial charge >= 0.3 is 11.9 Å². The fourth-order valence-corrected chi connectivity index (χ4v) is 4.78. The molecule has 3 heterocycles. The Morgan fingerprint density at radius 2 is 1.87 bits per heavy atom. The van der Waals surface area contributed by atoms with Crippen molar-refractivity contribution in [2.75, 3.05) is 0 Å². The fraction of sp³-hybridized carbons (Fsp3) is 0.148. The molecule has 0 aliphatic carbocycles. The van der Waals surface area contributed by atoms with Gasteiger partial charge in [0.15, 0.2) is 5.82 Å². The van der Waals surface area contributed by atoms with Crippen LogP contribution < -0.4 is 10.5 Å². The second kappa shape index (κ2) is 8.72. The van der Waals surface area contributed by atoms with Crippen molar-refractivity contribution in [2.45, 2.75) is 26.3 Å². The number of rotatable bonds is 3. The number of nitrogens with one attached hydrogen (secondary N) is 1. The predicted molar refractivity (Wildman–Crippen MR) is 130 cm³/mol. The second-order valence-corrected chi connectivity index (χ2v) is 8.87. The Kier molecular flexibility index (Phi) is 5.44. The molecule has 0 spiro atoms. The summed E-state index contributed by atoms with van der Waals surface area (Å²) in [7, 11) is 0. The van der Waals surface area contributed by atoms with Crippen molar-refractivity contribution in [1.82, 2.24) is 19.7 Å². The van der Waals surface area contributed by atoms with Crippen molar-refractivity contribution in [2.24, 2.45) is 0 Å². The summed E-state index contributed by atoms with van der Waals surface area (Å²) >= 11 is 0. The SMILES string of the molecule is CC(=C1c2ccc(Cn3c(C(F)(F)F)nc4ccccc43)cc2COc2cc(F)ccc21)c1noc(=O)[nH]1. The number of nitrogens with zero attached hydrogens (tertiary/aromatic N) is 3. The van der Waals surface area contributed by atoms with E-state index in [1.165, 1.54) is 18.2 Å². The van der Waals surface area contributed by atoms with Crippen LogP contribution in [0.1, 0.15) is 40.8 Å². The molecule has 0 unspecified atom stereocenters. The Hall–Kier alpha value is -4.67. The number of hydrogen-bond acceptors (Lipinski definition) is 5. The van der Waals surface area contributed by atoms with Gasteiger partial charge in [0.25, 0.3) is 0 Å². The van der Waals surface area contributed by atoms with Crippen LogP contribution in [0.4, 0.5) is 17.6 Å². The van der Waals surface area contributed by atoms with Gasteiger partial charge in [-0.15, -0.1) is 0 Å². The lowest BCUT2D eigenvalue weighted by Gasteiger charge is -2.15. The normalized spacial score (nSPS) is 14.6. The first-order valence-electron chi connectivity index (χ1n) is 11.5. The molecule has 0 saturated carbocycles. The number of fused-ring (bicyclic) bond motifs is 3. The molecule has 1 N–H and O–H groups in total. The van der Waals surface area contributed by atoms with Gasteiger partial charge in [-0.05, 0) is 59.5 Å². The predicted octanol–water partition coefficient (Wildman–Crippen LogP) is 5.79. The van der Waals surface area contributed by atoms with E-state index in [-0.39, 0.29) is 30.2 Å². The number of benzene rings is 3. The van der Waals surface area contributed by atoms with E-state index in [0.717, 1.165) is 4.57 Å². The van der Waals surface area contributed by atoms with E-state index in [1.54, 1.807) is 49.4 Å². The summed E-state index contributed by atoms with van der Waals surface area (Å²) in [6.07, 6.45) is -4.64. The minimum atomic E-state index is -4.64. The number of aromatic amines is 1. The van der Waals surface area contributed by atoms with Crippen LogP contribution in [0.15, 0.2) is 70.0 Å². The average Bonchev–Trinajstić information content (AvgIpc) is 3.44. The van der Waals surface area contributed by atoms with E-state index in [4.69, 9.17) is 4.74 Å². The summed E-state index contributed by atoms with van der Waals surface area (Å²) < 4.78 is 67.3. The van der Waals surface area contributed by atoms with E-state index in [2.05, 4.69) is 19.6 Å². The zero-order valence-electron chi connectivity index (χ0n) is 19.8. The first-order valence-corrected chi connectivity index (χ1v) is 11.5. The molecule has 0 bridgehead atoms. The van der Waals surface area contributed by atoms with Gasteiger partial charge in [-0.3, -0.25) is 9.51 Å². The van der Waals surface area contributed by atoms with Crippen molar-refractivity contribution < 1.29 is 26.8 Å². The van der Waals surface area contributed by atoms with Crippen LogP contribution in [0.2, 0.25) is 0 Å². The molecule has 7 nitrogen and oxygen atoms in total. The summed E-state index contributed by atoms with van der Waals surface area (Å²) in [5.41, 5.74) is 4.29.